The van der Waals surface area contributed by atoms with Crippen LogP contribution < -0.4 is 15.5 Å². The second-order valence-corrected chi connectivity index (χ2v) is 5.78. The van der Waals surface area contributed by atoms with Gasteiger partial charge in [0.2, 0.25) is 0 Å². The molecule has 0 saturated carbocycles. The molecular formula is C17H16ClN3O2. The third-order valence-corrected chi connectivity index (χ3v) is 3.98. The van der Waals surface area contributed by atoms with Gasteiger partial charge in [-0.2, -0.15) is 0 Å². The molecule has 2 aromatic rings. The first-order valence-corrected chi connectivity index (χ1v) is 7.65. The van der Waals surface area contributed by atoms with Crippen molar-refractivity contribution in [3.63, 3.8) is 0 Å². The summed E-state index contributed by atoms with van der Waals surface area (Å²) in [4.78, 5) is 25.6. The Kier molecular flexibility index (Phi) is 4.21. The average Bonchev–Trinajstić information content (AvgIpc) is 2.97. The molecule has 1 heterocycles. The number of aryl methyl sites for hydroxylation is 1. The lowest BCUT2D eigenvalue weighted by molar-refractivity contribution is 0.102. The SMILES string of the molecule is Cc1ccc(Cl)cc1NC(=O)c1ccc(N2CCNC2=O)cc1. The molecule has 6 heteroatoms. The topological polar surface area (TPSA) is 61.4 Å². The van der Waals surface area contributed by atoms with E-state index in [0.717, 1.165) is 11.3 Å². The number of nitrogens with zero attached hydrogens (tertiary/aromatic N) is 1. The number of carbonyl (C=O) groups excluding carboxylic acids is 2. The molecule has 0 atom stereocenters. The average molecular weight is 330 g/mol. The van der Waals surface area contributed by atoms with E-state index < -0.39 is 0 Å². The summed E-state index contributed by atoms with van der Waals surface area (Å²) in [5.74, 6) is -0.215. The smallest absolute Gasteiger partial charge is 0.321 e. The fraction of sp³-hybridized carbons (Fsp3) is 0.176. The molecule has 2 N–H and O–H groups in total. The number of benzene rings is 2. The summed E-state index contributed by atoms with van der Waals surface area (Å²) in [5, 5.41) is 6.16. The normalized spacial score (nSPS) is 13.8. The maximum absolute atomic E-state index is 12.3. The standard InChI is InChI=1S/C17H16ClN3O2/c1-11-2-5-13(18)10-15(11)20-16(22)12-3-6-14(7-4-12)21-9-8-19-17(21)23/h2-7,10H,8-9H2,1H3,(H,19,23)(H,20,22). The maximum atomic E-state index is 12.3. The molecule has 0 aliphatic carbocycles. The van der Waals surface area contributed by atoms with Crippen LogP contribution in [0.15, 0.2) is 42.5 Å². The molecule has 0 aromatic heterocycles. The van der Waals surface area contributed by atoms with Gasteiger partial charge in [0.15, 0.2) is 0 Å². The lowest BCUT2D eigenvalue weighted by Gasteiger charge is -2.14. The molecule has 118 valence electrons. The number of hydrogen-bond donors (Lipinski definition) is 2. The summed E-state index contributed by atoms with van der Waals surface area (Å²) in [6.07, 6.45) is 0. The molecule has 0 bridgehead atoms. The van der Waals surface area contributed by atoms with Gasteiger partial charge in [-0.25, -0.2) is 4.79 Å². The van der Waals surface area contributed by atoms with E-state index in [4.69, 9.17) is 11.6 Å². The van der Waals surface area contributed by atoms with Gasteiger partial charge in [-0.15, -0.1) is 0 Å². The predicted octanol–water partition coefficient (Wildman–Crippen LogP) is 3.43. The fourth-order valence-electron chi connectivity index (χ4n) is 2.43. The molecule has 23 heavy (non-hydrogen) atoms. The Morgan fingerprint density at radius 1 is 1.22 bits per heavy atom. The zero-order valence-corrected chi connectivity index (χ0v) is 13.4. The minimum absolute atomic E-state index is 0.114. The van der Waals surface area contributed by atoms with Crippen LogP contribution in [0.3, 0.4) is 0 Å². The van der Waals surface area contributed by atoms with E-state index in [1.807, 2.05) is 13.0 Å². The second-order valence-electron chi connectivity index (χ2n) is 5.34. The maximum Gasteiger partial charge on any atom is 0.321 e. The number of rotatable bonds is 3. The summed E-state index contributed by atoms with van der Waals surface area (Å²) < 4.78 is 0. The Labute approximate surface area is 139 Å². The summed E-state index contributed by atoms with van der Waals surface area (Å²) in [5.41, 5.74) is 2.92. The lowest BCUT2D eigenvalue weighted by Crippen LogP contribution is -2.27. The number of amides is 3. The van der Waals surface area contributed by atoms with Crippen molar-refractivity contribution in [2.45, 2.75) is 6.92 Å². The van der Waals surface area contributed by atoms with Gasteiger partial charge in [-0.3, -0.25) is 9.69 Å². The van der Waals surface area contributed by atoms with Crippen molar-refractivity contribution in [3.05, 3.63) is 58.6 Å². The molecule has 1 fully saturated rings. The van der Waals surface area contributed by atoms with Gasteiger partial charge >= 0.3 is 6.03 Å². The van der Waals surface area contributed by atoms with Crippen molar-refractivity contribution < 1.29 is 9.59 Å². The molecular weight excluding hydrogens is 314 g/mol. The quantitative estimate of drug-likeness (QED) is 0.906. The Balaban J connectivity index is 1.75. The van der Waals surface area contributed by atoms with E-state index in [1.54, 1.807) is 41.3 Å². The van der Waals surface area contributed by atoms with Crippen LogP contribution in [0.5, 0.6) is 0 Å². The summed E-state index contributed by atoms with van der Waals surface area (Å²) in [7, 11) is 0. The van der Waals surface area contributed by atoms with Crippen molar-refractivity contribution in [1.82, 2.24) is 5.32 Å². The second kappa shape index (κ2) is 6.30. The highest BCUT2D eigenvalue weighted by molar-refractivity contribution is 6.31. The van der Waals surface area contributed by atoms with Gasteiger partial charge in [-0.1, -0.05) is 17.7 Å². The molecule has 0 spiro atoms. The Morgan fingerprint density at radius 2 is 1.96 bits per heavy atom. The van der Waals surface area contributed by atoms with E-state index in [-0.39, 0.29) is 11.9 Å². The Bertz CT molecular complexity index is 759. The minimum Gasteiger partial charge on any atom is -0.336 e. The van der Waals surface area contributed by atoms with Crippen LogP contribution in [-0.2, 0) is 0 Å². The first kappa shape index (κ1) is 15.4. The van der Waals surface area contributed by atoms with Gasteiger partial charge in [0.25, 0.3) is 5.91 Å². The highest BCUT2D eigenvalue weighted by Gasteiger charge is 2.21. The van der Waals surface area contributed by atoms with E-state index in [9.17, 15) is 9.59 Å². The third kappa shape index (κ3) is 3.29. The van der Waals surface area contributed by atoms with Crippen LogP contribution >= 0.6 is 11.6 Å². The number of hydrogen-bond acceptors (Lipinski definition) is 2. The van der Waals surface area contributed by atoms with E-state index in [0.29, 0.717) is 29.4 Å². The number of anilines is 2. The van der Waals surface area contributed by atoms with Crippen LogP contribution in [0.2, 0.25) is 5.02 Å². The van der Waals surface area contributed by atoms with Crippen molar-refractivity contribution in [2.24, 2.45) is 0 Å². The Morgan fingerprint density at radius 3 is 2.61 bits per heavy atom. The van der Waals surface area contributed by atoms with E-state index in [1.165, 1.54) is 0 Å². The molecule has 5 nitrogen and oxygen atoms in total. The molecule has 2 aromatic carbocycles. The molecule has 1 saturated heterocycles. The lowest BCUT2D eigenvalue weighted by atomic mass is 10.1. The fourth-order valence-corrected chi connectivity index (χ4v) is 2.61. The highest BCUT2D eigenvalue weighted by Crippen LogP contribution is 2.22. The van der Waals surface area contributed by atoms with Crippen molar-refractivity contribution in [1.29, 1.82) is 0 Å². The first-order chi connectivity index (χ1) is 11.0. The van der Waals surface area contributed by atoms with Crippen LogP contribution in [-0.4, -0.2) is 25.0 Å². The van der Waals surface area contributed by atoms with Gasteiger partial charge in [0.1, 0.15) is 0 Å². The number of nitrogens with one attached hydrogen (secondary N) is 2. The van der Waals surface area contributed by atoms with Crippen LogP contribution in [0.4, 0.5) is 16.2 Å². The van der Waals surface area contributed by atoms with E-state index >= 15 is 0 Å². The molecule has 0 unspecified atom stereocenters. The number of halogens is 1. The summed E-state index contributed by atoms with van der Waals surface area (Å²) in [6, 6.07) is 12.2. The molecule has 1 aliphatic heterocycles. The number of urea groups is 1. The highest BCUT2D eigenvalue weighted by atomic mass is 35.5. The summed E-state index contributed by atoms with van der Waals surface area (Å²) in [6.45, 7) is 3.17. The predicted molar refractivity (Wildman–Crippen MR) is 91.3 cm³/mol. The van der Waals surface area contributed by atoms with Gasteiger partial charge in [0.05, 0.1) is 0 Å². The Hall–Kier alpha value is -2.53. The third-order valence-electron chi connectivity index (χ3n) is 3.75. The van der Waals surface area contributed by atoms with Crippen LogP contribution in [0.1, 0.15) is 15.9 Å². The molecule has 3 rings (SSSR count). The molecule has 0 radical (unpaired) electrons. The van der Waals surface area contributed by atoms with Crippen LogP contribution in [0.25, 0.3) is 0 Å². The minimum atomic E-state index is -0.215. The van der Waals surface area contributed by atoms with Crippen molar-refractivity contribution >= 4 is 34.9 Å². The monoisotopic (exact) mass is 329 g/mol. The summed E-state index contributed by atoms with van der Waals surface area (Å²) >= 11 is 5.96. The number of carbonyl (C=O) groups is 2. The largest absolute Gasteiger partial charge is 0.336 e. The van der Waals surface area contributed by atoms with Gasteiger partial charge in [0, 0.05) is 35.1 Å². The first-order valence-electron chi connectivity index (χ1n) is 7.27. The van der Waals surface area contributed by atoms with Gasteiger partial charge in [-0.05, 0) is 48.9 Å². The zero-order valence-electron chi connectivity index (χ0n) is 12.6. The molecule has 1 aliphatic rings. The van der Waals surface area contributed by atoms with Crippen molar-refractivity contribution in [3.8, 4) is 0 Å². The molecule has 3 amide bonds. The van der Waals surface area contributed by atoms with Crippen LogP contribution in [0, 0.1) is 6.92 Å². The zero-order chi connectivity index (χ0) is 16.4. The van der Waals surface area contributed by atoms with Gasteiger partial charge < -0.3 is 10.6 Å². The van der Waals surface area contributed by atoms with Crippen molar-refractivity contribution in [2.75, 3.05) is 23.3 Å². The van der Waals surface area contributed by atoms with E-state index in [2.05, 4.69) is 10.6 Å².